The minimum atomic E-state index is 0.266. The molecule has 1 aliphatic rings. The molecule has 1 fully saturated rings. The number of aryl methyl sites for hydroxylation is 1. The summed E-state index contributed by atoms with van der Waals surface area (Å²) in [5.74, 6) is 1.33. The number of nitrogens with zero attached hydrogens (tertiary/aromatic N) is 3. The summed E-state index contributed by atoms with van der Waals surface area (Å²) in [6, 6.07) is 8.67. The lowest BCUT2D eigenvalue weighted by molar-refractivity contribution is 0.188. The van der Waals surface area contributed by atoms with Gasteiger partial charge in [0.1, 0.15) is 0 Å². The Labute approximate surface area is 131 Å². The van der Waals surface area contributed by atoms with Crippen molar-refractivity contribution in [2.24, 2.45) is 0 Å². The maximum atomic E-state index is 8.99. The quantitative estimate of drug-likeness (QED) is 0.889. The van der Waals surface area contributed by atoms with E-state index in [2.05, 4.69) is 34.1 Å². The zero-order chi connectivity index (χ0) is 15.4. The van der Waals surface area contributed by atoms with Crippen LogP contribution in [0, 0.1) is 6.92 Å². The van der Waals surface area contributed by atoms with Gasteiger partial charge in [-0.15, -0.1) is 0 Å². The van der Waals surface area contributed by atoms with Crippen molar-refractivity contribution >= 4 is 0 Å². The second-order valence-electron chi connectivity index (χ2n) is 6.01. The van der Waals surface area contributed by atoms with E-state index >= 15 is 0 Å². The Bertz CT molecular complexity index is 594. The second-order valence-corrected chi connectivity index (χ2v) is 6.01. The van der Waals surface area contributed by atoms with Crippen LogP contribution in [0.15, 0.2) is 28.8 Å². The molecular weight excluding hydrogens is 278 g/mol. The summed E-state index contributed by atoms with van der Waals surface area (Å²) >= 11 is 0. The van der Waals surface area contributed by atoms with Crippen LogP contribution in [0.4, 0.5) is 0 Å². The number of benzene rings is 1. The van der Waals surface area contributed by atoms with E-state index < -0.39 is 0 Å². The van der Waals surface area contributed by atoms with Crippen molar-refractivity contribution in [1.29, 1.82) is 0 Å². The molecule has 0 amide bonds. The Morgan fingerprint density at radius 1 is 1.32 bits per heavy atom. The first-order valence-electron chi connectivity index (χ1n) is 8.01. The fourth-order valence-electron chi connectivity index (χ4n) is 3.07. The van der Waals surface area contributed by atoms with Crippen LogP contribution >= 0.6 is 0 Å². The van der Waals surface area contributed by atoms with Crippen LogP contribution in [0.25, 0.3) is 11.4 Å². The van der Waals surface area contributed by atoms with E-state index in [9.17, 15) is 0 Å². The highest BCUT2D eigenvalue weighted by Crippen LogP contribution is 2.24. The minimum Gasteiger partial charge on any atom is -0.396 e. The van der Waals surface area contributed by atoms with E-state index in [1.807, 2.05) is 12.1 Å². The van der Waals surface area contributed by atoms with Crippen molar-refractivity contribution in [1.82, 2.24) is 15.0 Å². The highest BCUT2D eigenvalue weighted by Gasteiger charge is 2.25. The lowest BCUT2D eigenvalue weighted by Crippen LogP contribution is -2.29. The van der Waals surface area contributed by atoms with Gasteiger partial charge in [0.15, 0.2) is 0 Å². The van der Waals surface area contributed by atoms with Crippen molar-refractivity contribution in [3.8, 4) is 11.4 Å². The molecule has 1 unspecified atom stereocenters. The third-order valence-corrected chi connectivity index (χ3v) is 4.31. The summed E-state index contributed by atoms with van der Waals surface area (Å²) in [7, 11) is 0. The first kappa shape index (κ1) is 15.2. The molecule has 1 saturated heterocycles. The number of rotatable bonds is 6. The lowest BCUT2D eigenvalue weighted by Gasteiger charge is -2.22. The predicted octanol–water partition coefficient (Wildman–Crippen LogP) is 2.78. The van der Waals surface area contributed by atoms with Crippen LogP contribution < -0.4 is 0 Å². The van der Waals surface area contributed by atoms with Gasteiger partial charge in [0.05, 0.1) is 6.54 Å². The molecule has 0 spiro atoms. The molecule has 22 heavy (non-hydrogen) atoms. The minimum absolute atomic E-state index is 0.266. The van der Waals surface area contributed by atoms with Gasteiger partial charge in [-0.05, 0) is 39.2 Å². The van der Waals surface area contributed by atoms with Gasteiger partial charge < -0.3 is 9.63 Å². The molecule has 3 rings (SSSR count). The maximum absolute atomic E-state index is 8.99. The lowest BCUT2D eigenvalue weighted by atomic mass is 10.1. The van der Waals surface area contributed by atoms with E-state index in [1.54, 1.807) is 0 Å². The molecular formula is C17H23N3O2. The molecule has 1 atom stereocenters. The first-order valence-corrected chi connectivity index (χ1v) is 8.01. The van der Waals surface area contributed by atoms with Gasteiger partial charge >= 0.3 is 0 Å². The number of aliphatic hydroxyl groups is 1. The van der Waals surface area contributed by atoms with E-state index in [1.165, 1.54) is 18.4 Å². The van der Waals surface area contributed by atoms with Crippen LogP contribution in [0.1, 0.15) is 37.1 Å². The molecule has 1 N–H and O–H groups in total. The van der Waals surface area contributed by atoms with E-state index in [-0.39, 0.29) is 6.61 Å². The van der Waals surface area contributed by atoms with E-state index in [4.69, 9.17) is 9.63 Å². The number of aromatic nitrogens is 2. The van der Waals surface area contributed by atoms with Gasteiger partial charge in [0.2, 0.25) is 11.7 Å². The molecule has 0 radical (unpaired) electrons. The Morgan fingerprint density at radius 3 is 2.91 bits per heavy atom. The van der Waals surface area contributed by atoms with Crippen LogP contribution in [-0.2, 0) is 6.54 Å². The third kappa shape index (κ3) is 3.54. The van der Waals surface area contributed by atoms with E-state index in [0.717, 1.165) is 24.9 Å². The summed E-state index contributed by atoms with van der Waals surface area (Å²) in [5.41, 5.74) is 2.20. The van der Waals surface area contributed by atoms with Crippen LogP contribution in [0.5, 0.6) is 0 Å². The van der Waals surface area contributed by atoms with Gasteiger partial charge in [-0.1, -0.05) is 35.0 Å². The molecule has 0 saturated carbocycles. The van der Waals surface area contributed by atoms with Gasteiger partial charge in [0, 0.05) is 18.2 Å². The Morgan fingerprint density at radius 2 is 2.14 bits per heavy atom. The third-order valence-electron chi connectivity index (χ3n) is 4.31. The first-order chi connectivity index (χ1) is 10.8. The molecule has 0 bridgehead atoms. The van der Waals surface area contributed by atoms with Gasteiger partial charge in [-0.25, -0.2) is 0 Å². The SMILES string of the molecule is Cc1ccc(-c2noc(CN3CCCC3CCCO)n2)cc1. The van der Waals surface area contributed by atoms with Crippen molar-refractivity contribution in [3.05, 3.63) is 35.7 Å². The fraction of sp³-hybridized carbons (Fsp3) is 0.529. The summed E-state index contributed by atoms with van der Waals surface area (Å²) in [6.45, 7) is 4.10. The van der Waals surface area contributed by atoms with Gasteiger partial charge in [-0.3, -0.25) is 4.90 Å². The molecule has 118 valence electrons. The fourth-order valence-corrected chi connectivity index (χ4v) is 3.07. The average Bonchev–Trinajstić information content (AvgIpc) is 3.16. The maximum Gasteiger partial charge on any atom is 0.241 e. The molecule has 1 aromatic heterocycles. The summed E-state index contributed by atoms with van der Waals surface area (Å²) < 4.78 is 5.41. The predicted molar refractivity (Wildman–Crippen MR) is 84.2 cm³/mol. The molecule has 1 aliphatic heterocycles. The van der Waals surface area contributed by atoms with Gasteiger partial charge in [0.25, 0.3) is 0 Å². The van der Waals surface area contributed by atoms with Crippen LogP contribution in [0.2, 0.25) is 0 Å². The molecule has 2 heterocycles. The number of aliphatic hydroxyl groups excluding tert-OH is 1. The van der Waals surface area contributed by atoms with Crippen molar-refractivity contribution in [3.63, 3.8) is 0 Å². The molecule has 5 heteroatoms. The molecule has 2 aromatic rings. The van der Waals surface area contributed by atoms with Crippen LogP contribution in [0.3, 0.4) is 0 Å². The Kier molecular flexibility index (Phi) is 4.85. The number of hydrogen-bond donors (Lipinski definition) is 1. The summed E-state index contributed by atoms with van der Waals surface area (Å²) in [5, 5.41) is 13.1. The van der Waals surface area contributed by atoms with Crippen molar-refractivity contribution < 1.29 is 9.63 Å². The van der Waals surface area contributed by atoms with Crippen molar-refractivity contribution in [2.75, 3.05) is 13.2 Å². The largest absolute Gasteiger partial charge is 0.396 e. The zero-order valence-corrected chi connectivity index (χ0v) is 13.0. The van der Waals surface area contributed by atoms with Crippen LogP contribution in [-0.4, -0.2) is 39.3 Å². The highest BCUT2D eigenvalue weighted by molar-refractivity contribution is 5.54. The average molecular weight is 301 g/mol. The Balaban J connectivity index is 1.65. The van der Waals surface area contributed by atoms with E-state index in [0.29, 0.717) is 24.3 Å². The highest BCUT2D eigenvalue weighted by atomic mass is 16.5. The Hall–Kier alpha value is -1.72. The standard InChI is InChI=1S/C17H23N3O2/c1-13-6-8-14(9-7-13)17-18-16(22-19-17)12-20-10-2-4-15(20)5-3-11-21/h6-9,15,21H,2-5,10-12H2,1H3. The number of hydrogen-bond acceptors (Lipinski definition) is 5. The molecule has 5 nitrogen and oxygen atoms in total. The topological polar surface area (TPSA) is 62.4 Å². The zero-order valence-electron chi connectivity index (χ0n) is 13.0. The second kappa shape index (κ2) is 7.03. The smallest absolute Gasteiger partial charge is 0.241 e. The summed E-state index contributed by atoms with van der Waals surface area (Å²) in [6.07, 6.45) is 4.29. The molecule has 1 aromatic carbocycles. The molecule has 0 aliphatic carbocycles. The van der Waals surface area contributed by atoms with Gasteiger partial charge in [-0.2, -0.15) is 4.98 Å². The normalized spacial score (nSPS) is 18.9. The monoisotopic (exact) mass is 301 g/mol. The summed E-state index contributed by atoms with van der Waals surface area (Å²) in [4.78, 5) is 6.91. The van der Waals surface area contributed by atoms with Crippen molar-refractivity contribution in [2.45, 2.75) is 45.2 Å². The number of likely N-dealkylation sites (tertiary alicyclic amines) is 1.